The van der Waals surface area contributed by atoms with Crippen LogP contribution in [0.1, 0.15) is 0 Å². The minimum atomic E-state index is 0.578. The zero-order chi connectivity index (χ0) is 36.0. The maximum atomic E-state index is 6.69. The normalized spacial score (nSPS) is 12.0. The van der Waals surface area contributed by atoms with E-state index >= 15 is 0 Å². The number of fused-ring (bicyclic) bond motifs is 11. The molecule has 0 spiro atoms. The summed E-state index contributed by atoms with van der Waals surface area (Å²) in [6, 6.07) is 60.9. The van der Waals surface area contributed by atoms with Crippen LogP contribution >= 0.6 is 0 Å². The molecule has 4 aromatic heterocycles. The number of furan rings is 2. The maximum absolute atomic E-state index is 6.69. The fourth-order valence-corrected chi connectivity index (χ4v) is 8.37. The Morgan fingerprint density at radius 2 is 1.11 bits per heavy atom. The summed E-state index contributed by atoms with van der Waals surface area (Å²) in [6.07, 6.45) is 0. The maximum Gasteiger partial charge on any atom is 0.227 e. The van der Waals surface area contributed by atoms with Gasteiger partial charge in [-0.05, 0) is 84.9 Å². The Morgan fingerprint density at radius 3 is 2.00 bits per heavy atom. The Labute approximate surface area is 313 Å². The molecule has 0 aliphatic carbocycles. The second kappa shape index (κ2) is 11.5. The van der Waals surface area contributed by atoms with Crippen LogP contribution in [0.15, 0.2) is 189 Å². The van der Waals surface area contributed by atoms with Crippen molar-refractivity contribution in [2.75, 3.05) is 4.90 Å². The standard InChI is InChI=1S/C49H29N3O3/c1-3-12-30(13-4-1)49-50-47-45(55-49)27-26-44-46(47)38-28-32(23-25-43(38)53-44)51(40-20-11-18-37-36-17-8-10-21-42(36)54-48(37)40)33-22-24-35-34-16-7-9-19-39(34)52(41(35)29-33)31-14-5-2-6-15-31/h1-29H. The monoisotopic (exact) mass is 707 g/mol. The van der Waals surface area contributed by atoms with Gasteiger partial charge in [0.25, 0.3) is 0 Å². The molecular weight excluding hydrogens is 679 g/mol. The summed E-state index contributed by atoms with van der Waals surface area (Å²) in [6.45, 7) is 0. The van der Waals surface area contributed by atoms with Gasteiger partial charge in [-0.25, -0.2) is 4.98 Å². The minimum Gasteiger partial charge on any atom is -0.456 e. The van der Waals surface area contributed by atoms with Gasteiger partial charge < -0.3 is 22.7 Å². The topological polar surface area (TPSA) is 60.5 Å². The SMILES string of the molecule is c1ccc(-c2nc3c(ccc4oc5ccc(N(c6ccc7c8ccccc8n(-c8ccccc8)c7c6)c6cccc7c6oc6ccccc67)cc5c43)o2)cc1. The van der Waals surface area contributed by atoms with Gasteiger partial charge in [-0.15, -0.1) is 0 Å². The van der Waals surface area contributed by atoms with Crippen molar-refractivity contribution < 1.29 is 13.3 Å². The van der Waals surface area contributed by atoms with Crippen molar-refractivity contribution >= 4 is 93.8 Å². The summed E-state index contributed by atoms with van der Waals surface area (Å²) in [7, 11) is 0. The molecule has 0 aliphatic heterocycles. The highest BCUT2D eigenvalue weighted by atomic mass is 16.4. The molecule has 0 amide bonds. The third-order valence-corrected chi connectivity index (χ3v) is 10.8. The highest BCUT2D eigenvalue weighted by Gasteiger charge is 2.23. The van der Waals surface area contributed by atoms with Crippen molar-refractivity contribution in [1.82, 2.24) is 9.55 Å². The van der Waals surface area contributed by atoms with E-state index in [9.17, 15) is 0 Å². The molecule has 0 saturated carbocycles. The molecule has 0 N–H and O–H groups in total. The molecule has 0 unspecified atom stereocenters. The van der Waals surface area contributed by atoms with Crippen molar-refractivity contribution in [1.29, 1.82) is 0 Å². The predicted octanol–water partition coefficient (Wildman–Crippen LogP) is 13.9. The molecular formula is C49H29N3O3. The van der Waals surface area contributed by atoms with E-state index in [4.69, 9.17) is 18.2 Å². The number of anilines is 3. The minimum absolute atomic E-state index is 0.578. The second-order valence-electron chi connectivity index (χ2n) is 13.9. The van der Waals surface area contributed by atoms with Crippen molar-refractivity contribution in [2.45, 2.75) is 0 Å². The first-order valence-corrected chi connectivity index (χ1v) is 18.4. The van der Waals surface area contributed by atoms with E-state index in [1.54, 1.807) is 0 Å². The lowest BCUT2D eigenvalue weighted by atomic mass is 10.1. The van der Waals surface area contributed by atoms with Crippen molar-refractivity contribution in [2.24, 2.45) is 0 Å². The quantitative estimate of drug-likeness (QED) is 0.178. The van der Waals surface area contributed by atoms with Crippen LogP contribution in [0.25, 0.3) is 93.9 Å². The van der Waals surface area contributed by atoms with Gasteiger partial charge in [-0.3, -0.25) is 0 Å². The first kappa shape index (κ1) is 29.9. The summed E-state index contributed by atoms with van der Waals surface area (Å²) in [5, 5.41) is 6.40. The Kier molecular flexibility index (Phi) is 6.24. The van der Waals surface area contributed by atoms with E-state index in [2.05, 4.69) is 131 Å². The summed E-state index contributed by atoms with van der Waals surface area (Å²) in [5.41, 5.74) is 11.9. The highest BCUT2D eigenvalue weighted by molar-refractivity contribution is 6.18. The molecule has 8 aromatic carbocycles. The molecule has 12 rings (SSSR count). The molecule has 0 saturated heterocycles. The molecule has 0 bridgehead atoms. The Bertz CT molecular complexity index is 3440. The van der Waals surface area contributed by atoms with Gasteiger partial charge in [0.1, 0.15) is 22.3 Å². The fourth-order valence-electron chi connectivity index (χ4n) is 8.37. The third kappa shape index (κ3) is 4.46. The van der Waals surface area contributed by atoms with Crippen LogP contribution in [0.3, 0.4) is 0 Å². The first-order valence-electron chi connectivity index (χ1n) is 18.4. The van der Waals surface area contributed by atoms with E-state index in [1.165, 1.54) is 10.8 Å². The molecule has 12 aromatic rings. The third-order valence-electron chi connectivity index (χ3n) is 10.8. The van der Waals surface area contributed by atoms with E-state index < -0.39 is 0 Å². The summed E-state index contributed by atoms with van der Waals surface area (Å²) in [4.78, 5) is 7.32. The second-order valence-corrected chi connectivity index (χ2v) is 13.9. The van der Waals surface area contributed by atoms with Crippen molar-refractivity contribution in [3.8, 4) is 17.1 Å². The molecule has 0 fully saturated rings. The Hall–Kier alpha value is -7.57. The number of aromatic nitrogens is 2. The molecule has 0 aliphatic rings. The van der Waals surface area contributed by atoms with Gasteiger partial charge in [0.05, 0.1) is 22.1 Å². The summed E-state index contributed by atoms with van der Waals surface area (Å²) >= 11 is 0. The van der Waals surface area contributed by atoms with E-state index in [1.807, 2.05) is 54.6 Å². The summed E-state index contributed by atoms with van der Waals surface area (Å²) < 4.78 is 21.8. The molecule has 4 heterocycles. The number of oxazole rings is 1. The lowest BCUT2D eigenvalue weighted by molar-refractivity contribution is 0.619. The van der Waals surface area contributed by atoms with Gasteiger partial charge in [-0.2, -0.15) is 0 Å². The lowest BCUT2D eigenvalue weighted by Crippen LogP contribution is -2.10. The van der Waals surface area contributed by atoms with Crippen molar-refractivity contribution in [3.63, 3.8) is 0 Å². The largest absolute Gasteiger partial charge is 0.456 e. The summed E-state index contributed by atoms with van der Waals surface area (Å²) in [5.74, 6) is 0.578. The van der Waals surface area contributed by atoms with Crippen LogP contribution in [0.2, 0.25) is 0 Å². The van der Waals surface area contributed by atoms with E-state index in [0.717, 1.165) is 88.7 Å². The van der Waals surface area contributed by atoms with E-state index in [-0.39, 0.29) is 0 Å². The number of rotatable bonds is 5. The fraction of sp³-hybridized carbons (Fsp3) is 0. The van der Waals surface area contributed by atoms with Crippen LogP contribution in [0.4, 0.5) is 17.1 Å². The molecule has 0 atom stereocenters. The average Bonchev–Trinajstić information content (AvgIpc) is 4.02. The number of para-hydroxylation sites is 4. The zero-order valence-electron chi connectivity index (χ0n) is 29.3. The molecule has 258 valence electrons. The molecule has 6 heteroatoms. The van der Waals surface area contributed by atoms with Crippen LogP contribution < -0.4 is 4.90 Å². The Morgan fingerprint density at radius 1 is 0.436 bits per heavy atom. The molecule has 6 nitrogen and oxygen atoms in total. The van der Waals surface area contributed by atoms with Crippen LogP contribution in [0, 0.1) is 0 Å². The molecule has 0 radical (unpaired) electrons. The van der Waals surface area contributed by atoms with Gasteiger partial charge in [0.2, 0.25) is 5.89 Å². The van der Waals surface area contributed by atoms with Crippen LogP contribution in [-0.2, 0) is 0 Å². The van der Waals surface area contributed by atoms with Gasteiger partial charge in [-0.1, -0.05) is 91.0 Å². The van der Waals surface area contributed by atoms with Gasteiger partial charge >= 0.3 is 0 Å². The number of nitrogens with zero attached hydrogens (tertiary/aromatic N) is 3. The highest BCUT2D eigenvalue weighted by Crippen LogP contribution is 2.46. The van der Waals surface area contributed by atoms with Crippen LogP contribution in [0.5, 0.6) is 0 Å². The first-order chi connectivity index (χ1) is 27.3. The predicted molar refractivity (Wildman–Crippen MR) is 223 cm³/mol. The smallest absolute Gasteiger partial charge is 0.227 e. The Balaban J connectivity index is 1.14. The van der Waals surface area contributed by atoms with Crippen molar-refractivity contribution in [3.05, 3.63) is 176 Å². The average molecular weight is 708 g/mol. The zero-order valence-corrected chi connectivity index (χ0v) is 29.3. The number of hydrogen-bond acceptors (Lipinski definition) is 5. The number of hydrogen-bond donors (Lipinski definition) is 0. The number of benzene rings is 8. The van der Waals surface area contributed by atoms with Gasteiger partial charge in [0, 0.05) is 49.6 Å². The molecule has 55 heavy (non-hydrogen) atoms. The lowest BCUT2D eigenvalue weighted by Gasteiger charge is -2.26. The van der Waals surface area contributed by atoms with Crippen LogP contribution in [-0.4, -0.2) is 9.55 Å². The van der Waals surface area contributed by atoms with E-state index in [0.29, 0.717) is 11.5 Å². The van der Waals surface area contributed by atoms with Gasteiger partial charge in [0.15, 0.2) is 11.2 Å².